The number of hydrogen-bond acceptors (Lipinski definition) is 3. The highest BCUT2D eigenvalue weighted by Gasteiger charge is 2.36. The van der Waals surface area contributed by atoms with Crippen LogP contribution in [0.15, 0.2) is 24.3 Å². The zero-order chi connectivity index (χ0) is 10.7. The van der Waals surface area contributed by atoms with E-state index in [0.717, 1.165) is 17.5 Å². The van der Waals surface area contributed by atoms with Gasteiger partial charge in [0, 0.05) is 18.5 Å². The van der Waals surface area contributed by atoms with Crippen LogP contribution < -0.4 is 5.73 Å². The molecule has 0 aromatic heterocycles. The third kappa shape index (κ3) is 1.91. The van der Waals surface area contributed by atoms with Crippen molar-refractivity contribution >= 4 is 0 Å². The number of rotatable bonds is 3. The lowest BCUT2D eigenvalue weighted by Gasteiger charge is -2.26. The Hall–Kier alpha value is -0.900. The molecule has 2 N–H and O–H groups in total. The topological polar surface area (TPSA) is 44.5 Å². The van der Waals surface area contributed by atoms with Crippen LogP contribution in [0.25, 0.3) is 0 Å². The predicted octanol–water partition coefficient (Wildman–Crippen LogP) is 1.75. The quantitative estimate of drug-likeness (QED) is 0.821. The standard InChI is InChI=1S/C12H17NO2/c1-2-12(14-6-7-15-12)11-5-3-4-10(8-11)9-13/h3-5,8H,2,6-7,9,13H2,1H3. The van der Waals surface area contributed by atoms with Gasteiger partial charge < -0.3 is 15.2 Å². The lowest BCUT2D eigenvalue weighted by molar-refractivity contribution is -0.167. The summed E-state index contributed by atoms with van der Waals surface area (Å²) in [5.41, 5.74) is 7.81. The fraction of sp³-hybridized carbons (Fsp3) is 0.500. The second-order valence-electron chi connectivity index (χ2n) is 3.71. The predicted molar refractivity (Wildman–Crippen MR) is 58.2 cm³/mol. The van der Waals surface area contributed by atoms with Crippen molar-refractivity contribution in [2.75, 3.05) is 13.2 Å². The molecule has 1 heterocycles. The third-order valence-electron chi connectivity index (χ3n) is 2.82. The maximum absolute atomic E-state index is 5.71. The largest absolute Gasteiger partial charge is 0.343 e. The molecule has 1 aromatic carbocycles. The van der Waals surface area contributed by atoms with Crippen LogP contribution in [-0.4, -0.2) is 13.2 Å². The molecule has 0 bridgehead atoms. The van der Waals surface area contributed by atoms with Crippen molar-refractivity contribution in [1.29, 1.82) is 0 Å². The van der Waals surface area contributed by atoms with Crippen molar-refractivity contribution in [2.24, 2.45) is 5.73 Å². The zero-order valence-corrected chi connectivity index (χ0v) is 9.03. The highest BCUT2D eigenvalue weighted by molar-refractivity contribution is 5.27. The molecule has 3 heteroatoms. The molecule has 0 aliphatic carbocycles. The Kier molecular flexibility index (Phi) is 3.05. The average molecular weight is 207 g/mol. The zero-order valence-electron chi connectivity index (χ0n) is 9.03. The number of ether oxygens (including phenoxy) is 2. The Morgan fingerprint density at radius 1 is 1.33 bits per heavy atom. The Bertz CT molecular complexity index is 332. The summed E-state index contributed by atoms with van der Waals surface area (Å²) in [6, 6.07) is 8.12. The van der Waals surface area contributed by atoms with Crippen LogP contribution in [0, 0.1) is 0 Å². The minimum atomic E-state index is -0.537. The van der Waals surface area contributed by atoms with Gasteiger partial charge in [0.2, 0.25) is 0 Å². The highest BCUT2D eigenvalue weighted by atomic mass is 16.7. The van der Waals surface area contributed by atoms with Gasteiger partial charge >= 0.3 is 0 Å². The molecular formula is C12H17NO2. The Morgan fingerprint density at radius 3 is 2.67 bits per heavy atom. The van der Waals surface area contributed by atoms with Crippen LogP contribution in [0.1, 0.15) is 24.5 Å². The summed E-state index contributed by atoms with van der Waals surface area (Å²) in [5.74, 6) is -0.537. The molecule has 2 rings (SSSR count). The van der Waals surface area contributed by atoms with Gasteiger partial charge in [0.1, 0.15) is 0 Å². The molecule has 1 saturated heterocycles. The number of benzene rings is 1. The van der Waals surface area contributed by atoms with Gasteiger partial charge in [-0.3, -0.25) is 0 Å². The first kappa shape index (κ1) is 10.6. The number of hydrogen-bond donors (Lipinski definition) is 1. The van der Waals surface area contributed by atoms with E-state index in [1.165, 1.54) is 0 Å². The summed E-state index contributed by atoms with van der Waals surface area (Å²) in [4.78, 5) is 0. The first-order valence-corrected chi connectivity index (χ1v) is 5.38. The summed E-state index contributed by atoms with van der Waals surface area (Å²) >= 11 is 0. The number of nitrogens with two attached hydrogens (primary N) is 1. The molecule has 0 amide bonds. The van der Waals surface area contributed by atoms with Crippen LogP contribution in [0.3, 0.4) is 0 Å². The molecule has 0 atom stereocenters. The Balaban J connectivity index is 2.33. The van der Waals surface area contributed by atoms with Gasteiger partial charge in [-0.1, -0.05) is 25.1 Å². The van der Waals surface area contributed by atoms with Gasteiger partial charge in [-0.25, -0.2) is 0 Å². The van der Waals surface area contributed by atoms with Gasteiger partial charge in [0.25, 0.3) is 0 Å². The van der Waals surface area contributed by atoms with E-state index in [1.54, 1.807) is 0 Å². The maximum atomic E-state index is 5.71. The molecule has 0 unspecified atom stereocenters. The first-order valence-electron chi connectivity index (χ1n) is 5.38. The fourth-order valence-electron chi connectivity index (χ4n) is 1.96. The van der Waals surface area contributed by atoms with Crippen LogP contribution in [0.5, 0.6) is 0 Å². The summed E-state index contributed by atoms with van der Waals surface area (Å²) in [5, 5.41) is 0. The lowest BCUT2D eigenvalue weighted by Crippen LogP contribution is -2.26. The third-order valence-corrected chi connectivity index (χ3v) is 2.82. The molecule has 0 radical (unpaired) electrons. The Labute approximate surface area is 90.2 Å². The SMILES string of the molecule is CCC1(c2cccc(CN)c2)OCCO1. The minimum Gasteiger partial charge on any atom is -0.343 e. The average Bonchev–Trinajstić information content (AvgIpc) is 2.79. The molecule has 0 spiro atoms. The van der Waals surface area contributed by atoms with Crippen LogP contribution in [0.2, 0.25) is 0 Å². The second kappa shape index (κ2) is 4.31. The van der Waals surface area contributed by atoms with E-state index in [0.29, 0.717) is 19.8 Å². The van der Waals surface area contributed by atoms with E-state index < -0.39 is 5.79 Å². The van der Waals surface area contributed by atoms with Crippen LogP contribution in [0.4, 0.5) is 0 Å². The Morgan fingerprint density at radius 2 is 2.07 bits per heavy atom. The van der Waals surface area contributed by atoms with Crippen LogP contribution in [-0.2, 0) is 21.8 Å². The lowest BCUT2D eigenvalue weighted by atomic mass is 10.0. The van der Waals surface area contributed by atoms with Crippen molar-refractivity contribution < 1.29 is 9.47 Å². The van der Waals surface area contributed by atoms with E-state index in [-0.39, 0.29) is 0 Å². The summed E-state index contributed by atoms with van der Waals surface area (Å²) in [6.45, 7) is 3.95. The molecule has 1 aromatic rings. The molecule has 3 nitrogen and oxygen atoms in total. The van der Waals surface area contributed by atoms with E-state index in [2.05, 4.69) is 13.0 Å². The van der Waals surface area contributed by atoms with Crippen LogP contribution >= 0.6 is 0 Å². The normalized spacial score (nSPS) is 19.3. The van der Waals surface area contributed by atoms with E-state index in [4.69, 9.17) is 15.2 Å². The smallest absolute Gasteiger partial charge is 0.194 e. The monoisotopic (exact) mass is 207 g/mol. The van der Waals surface area contributed by atoms with Gasteiger partial charge in [-0.2, -0.15) is 0 Å². The second-order valence-corrected chi connectivity index (χ2v) is 3.71. The van der Waals surface area contributed by atoms with Gasteiger partial charge in [-0.15, -0.1) is 0 Å². The molecule has 1 aliphatic heterocycles. The van der Waals surface area contributed by atoms with Gasteiger partial charge in [-0.05, 0) is 11.6 Å². The van der Waals surface area contributed by atoms with Crippen molar-refractivity contribution in [3.05, 3.63) is 35.4 Å². The highest BCUT2D eigenvalue weighted by Crippen LogP contribution is 2.34. The molecular weight excluding hydrogens is 190 g/mol. The fourth-order valence-corrected chi connectivity index (χ4v) is 1.96. The molecule has 82 valence electrons. The summed E-state index contributed by atoms with van der Waals surface area (Å²) in [7, 11) is 0. The molecule has 15 heavy (non-hydrogen) atoms. The summed E-state index contributed by atoms with van der Waals surface area (Å²) < 4.78 is 11.4. The van der Waals surface area contributed by atoms with Gasteiger partial charge in [0.15, 0.2) is 5.79 Å². The van der Waals surface area contributed by atoms with Crippen molar-refractivity contribution in [1.82, 2.24) is 0 Å². The van der Waals surface area contributed by atoms with Crippen molar-refractivity contribution in [2.45, 2.75) is 25.7 Å². The minimum absolute atomic E-state index is 0.537. The van der Waals surface area contributed by atoms with Crippen molar-refractivity contribution in [3.63, 3.8) is 0 Å². The van der Waals surface area contributed by atoms with Crippen molar-refractivity contribution in [3.8, 4) is 0 Å². The summed E-state index contributed by atoms with van der Waals surface area (Å²) in [6.07, 6.45) is 0.820. The molecule has 0 saturated carbocycles. The molecule has 1 aliphatic rings. The maximum Gasteiger partial charge on any atom is 0.194 e. The van der Waals surface area contributed by atoms with E-state index in [9.17, 15) is 0 Å². The van der Waals surface area contributed by atoms with E-state index in [1.807, 2.05) is 18.2 Å². The first-order chi connectivity index (χ1) is 7.30. The van der Waals surface area contributed by atoms with E-state index >= 15 is 0 Å². The van der Waals surface area contributed by atoms with Gasteiger partial charge in [0.05, 0.1) is 13.2 Å². The molecule has 1 fully saturated rings.